The molecular formula is C17H22N2O2. The van der Waals surface area contributed by atoms with Gasteiger partial charge in [-0.1, -0.05) is 25.2 Å². The molecule has 1 amide bonds. The highest BCUT2D eigenvalue weighted by Crippen LogP contribution is 2.20. The lowest BCUT2D eigenvalue weighted by atomic mass is 9.95. The van der Waals surface area contributed by atoms with Crippen LogP contribution < -0.4 is 0 Å². The van der Waals surface area contributed by atoms with Gasteiger partial charge in [-0.2, -0.15) is 0 Å². The third kappa shape index (κ3) is 4.30. The van der Waals surface area contributed by atoms with Crippen molar-refractivity contribution in [2.45, 2.75) is 32.6 Å². The third-order valence-corrected chi connectivity index (χ3v) is 3.84. The van der Waals surface area contributed by atoms with E-state index in [1.165, 1.54) is 6.42 Å². The van der Waals surface area contributed by atoms with Gasteiger partial charge in [-0.05, 0) is 30.9 Å². The van der Waals surface area contributed by atoms with E-state index < -0.39 is 0 Å². The van der Waals surface area contributed by atoms with E-state index in [4.69, 9.17) is 5.11 Å². The van der Waals surface area contributed by atoms with E-state index in [2.05, 4.69) is 23.7 Å². The number of piperidine rings is 1. The number of nitrogens with zero attached hydrogens (tertiary/aromatic N) is 2. The van der Waals surface area contributed by atoms with Gasteiger partial charge in [0.05, 0.1) is 6.61 Å². The number of rotatable bonds is 3. The summed E-state index contributed by atoms with van der Waals surface area (Å²) in [5.41, 5.74) is 1.25. The zero-order valence-corrected chi connectivity index (χ0v) is 12.5. The molecule has 1 aromatic rings. The van der Waals surface area contributed by atoms with E-state index in [9.17, 15) is 4.79 Å². The first kappa shape index (κ1) is 15.5. The van der Waals surface area contributed by atoms with Crippen molar-refractivity contribution < 1.29 is 9.90 Å². The Morgan fingerprint density at radius 3 is 3.05 bits per heavy atom. The maximum absolute atomic E-state index is 12.4. The van der Waals surface area contributed by atoms with Gasteiger partial charge in [-0.15, -0.1) is 0 Å². The predicted octanol–water partition coefficient (Wildman–Crippen LogP) is 2.08. The fourth-order valence-electron chi connectivity index (χ4n) is 2.56. The first-order valence-electron chi connectivity index (χ1n) is 7.59. The number of pyridine rings is 1. The van der Waals surface area contributed by atoms with Crippen LogP contribution in [0.4, 0.5) is 0 Å². The van der Waals surface area contributed by atoms with E-state index in [-0.39, 0.29) is 12.5 Å². The van der Waals surface area contributed by atoms with Crippen LogP contribution in [-0.2, 0) is 0 Å². The average Bonchev–Trinajstić information content (AvgIpc) is 2.55. The van der Waals surface area contributed by atoms with Crippen molar-refractivity contribution in [3.8, 4) is 11.8 Å². The van der Waals surface area contributed by atoms with E-state index in [1.807, 2.05) is 11.0 Å². The zero-order valence-electron chi connectivity index (χ0n) is 12.5. The number of likely N-dealkylation sites (tertiary alicyclic amines) is 1. The number of hydrogen-bond acceptors (Lipinski definition) is 3. The van der Waals surface area contributed by atoms with Gasteiger partial charge in [0.15, 0.2) is 0 Å². The highest BCUT2D eigenvalue weighted by Gasteiger charge is 2.23. The molecule has 1 aliphatic rings. The molecule has 1 aromatic heterocycles. The second-order valence-electron chi connectivity index (χ2n) is 5.38. The molecule has 112 valence electrons. The maximum atomic E-state index is 12.4. The van der Waals surface area contributed by atoms with Crippen LogP contribution in [0.5, 0.6) is 0 Å². The Morgan fingerprint density at radius 2 is 2.38 bits per heavy atom. The van der Waals surface area contributed by atoms with Crippen LogP contribution in [0.25, 0.3) is 0 Å². The molecule has 0 saturated carbocycles. The molecule has 1 saturated heterocycles. The van der Waals surface area contributed by atoms with Gasteiger partial charge in [-0.3, -0.25) is 4.79 Å². The Hall–Kier alpha value is -1.86. The fraction of sp³-hybridized carbons (Fsp3) is 0.529. The summed E-state index contributed by atoms with van der Waals surface area (Å²) in [5, 5.41) is 8.68. The number of carbonyl (C=O) groups is 1. The number of carbonyl (C=O) groups excluding carboxylic acids is 1. The summed E-state index contributed by atoms with van der Waals surface area (Å²) in [6.07, 6.45) is 5.49. The van der Waals surface area contributed by atoms with Gasteiger partial charge in [0.1, 0.15) is 5.69 Å². The minimum Gasteiger partial charge on any atom is -0.395 e. The molecular weight excluding hydrogens is 264 g/mol. The lowest BCUT2D eigenvalue weighted by Crippen LogP contribution is -2.40. The van der Waals surface area contributed by atoms with Crippen molar-refractivity contribution in [1.82, 2.24) is 9.88 Å². The van der Waals surface area contributed by atoms with Crippen LogP contribution in [0.3, 0.4) is 0 Å². The monoisotopic (exact) mass is 286 g/mol. The SMILES string of the molecule is CCC1CCCN(C(=O)c2ccc(C#CCCO)cn2)C1. The Morgan fingerprint density at radius 1 is 1.52 bits per heavy atom. The van der Waals surface area contributed by atoms with Crippen molar-refractivity contribution in [1.29, 1.82) is 0 Å². The molecule has 0 spiro atoms. The summed E-state index contributed by atoms with van der Waals surface area (Å²) >= 11 is 0. The minimum absolute atomic E-state index is 0.0167. The molecule has 0 bridgehead atoms. The van der Waals surface area contributed by atoms with Gasteiger partial charge < -0.3 is 10.0 Å². The van der Waals surface area contributed by atoms with Crippen molar-refractivity contribution in [2.75, 3.05) is 19.7 Å². The number of aromatic nitrogens is 1. The van der Waals surface area contributed by atoms with Gasteiger partial charge in [0.2, 0.25) is 0 Å². The molecule has 2 rings (SSSR count). The second kappa shape index (κ2) is 7.80. The maximum Gasteiger partial charge on any atom is 0.272 e. The van der Waals surface area contributed by atoms with Crippen molar-refractivity contribution >= 4 is 5.91 Å². The summed E-state index contributed by atoms with van der Waals surface area (Å²) in [6, 6.07) is 3.55. The molecule has 4 heteroatoms. The second-order valence-corrected chi connectivity index (χ2v) is 5.38. The van der Waals surface area contributed by atoms with Gasteiger partial charge in [0, 0.05) is 31.3 Å². The summed E-state index contributed by atoms with van der Waals surface area (Å²) < 4.78 is 0. The number of hydrogen-bond donors (Lipinski definition) is 1. The standard InChI is InChI=1S/C17H22N2O2/c1-2-14-7-5-10-19(13-14)17(21)16-9-8-15(12-18-16)6-3-4-11-20/h8-9,12,14,20H,2,4-5,7,10-11,13H2,1H3. The smallest absolute Gasteiger partial charge is 0.272 e. The third-order valence-electron chi connectivity index (χ3n) is 3.84. The molecule has 0 aliphatic carbocycles. The van der Waals surface area contributed by atoms with E-state index in [0.717, 1.165) is 31.5 Å². The fourth-order valence-corrected chi connectivity index (χ4v) is 2.56. The average molecular weight is 286 g/mol. The van der Waals surface area contributed by atoms with E-state index in [1.54, 1.807) is 12.3 Å². The first-order chi connectivity index (χ1) is 10.2. The Bertz CT molecular complexity index is 528. The lowest BCUT2D eigenvalue weighted by Gasteiger charge is -2.32. The van der Waals surface area contributed by atoms with Crippen LogP contribution in [0, 0.1) is 17.8 Å². The molecule has 1 atom stereocenters. The molecule has 21 heavy (non-hydrogen) atoms. The van der Waals surface area contributed by atoms with Gasteiger partial charge in [0.25, 0.3) is 5.91 Å². The highest BCUT2D eigenvalue weighted by molar-refractivity contribution is 5.92. The number of amides is 1. The van der Waals surface area contributed by atoms with E-state index in [0.29, 0.717) is 18.0 Å². The first-order valence-corrected chi connectivity index (χ1v) is 7.59. The largest absolute Gasteiger partial charge is 0.395 e. The quantitative estimate of drug-likeness (QED) is 0.866. The summed E-state index contributed by atoms with van der Waals surface area (Å²) in [5.74, 6) is 6.39. The van der Waals surface area contributed by atoms with Crippen LogP contribution in [0.15, 0.2) is 18.3 Å². The minimum atomic E-state index is 0.0167. The molecule has 1 unspecified atom stereocenters. The van der Waals surface area contributed by atoms with Crippen LogP contribution in [0.1, 0.15) is 48.7 Å². The predicted molar refractivity (Wildman–Crippen MR) is 81.7 cm³/mol. The highest BCUT2D eigenvalue weighted by atomic mass is 16.2. The van der Waals surface area contributed by atoms with Crippen LogP contribution >= 0.6 is 0 Å². The Kier molecular flexibility index (Phi) is 5.77. The lowest BCUT2D eigenvalue weighted by molar-refractivity contribution is 0.0665. The summed E-state index contributed by atoms with van der Waals surface area (Å²) in [4.78, 5) is 18.6. The zero-order chi connectivity index (χ0) is 15.1. The Balaban J connectivity index is 2.01. The molecule has 0 aromatic carbocycles. The molecule has 1 fully saturated rings. The molecule has 0 radical (unpaired) electrons. The topological polar surface area (TPSA) is 53.4 Å². The molecule has 4 nitrogen and oxygen atoms in total. The van der Waals surface area contributed by atoms with E-state index >= 15 is 0 Å². The molecule has 2 heterocycles. The molecule has 1 aliphatic heterocycles. The summed E-state index contributed by atoms with van der Waals surface area (Å²) in [6.45, 7) is 3.91. The summed E-state index contributed by atoms with van der Waals surface area (Å²) in [7, 11) is 0. The number of aliphatic hydroxyl groups is 1. The number of aliphatic hydroxyl groups excluding tert-OH is 1. The molecule has 1 N–H and O–H groups in total. The van der Waals surface area contributed by atoms with Crippen molar-refractivity contribution in [2.24, 2.45) is 5.92 Å². The van der Waals surface area contributed by atoms with Crippen LogP contribution in [-0.4, -0.2) is 40.6 Å². The normalized spacial score (nSPS) is 18.0. The Labute approximate surface area is 126 Å². The van der Waals surface area contributed by atoms with Gasteiger partial charge >= 0.3 is 0 Å². The van der Waals surface area contributed by atoms with Crippen molar-refractivity contribution in [3.05, 3.63) is 29.6 Å². The van der Waals surface area contributed by atoms with Crippen LogP contribution in [0.2, 0.25) is 0 Å². The van der Waals surface area contributed by atoms with Crippen molar-refractivity contribution in [3.63, 3.8) is 0 Å². The van der Waals surface area contributed by atoms with Gasteiger partial charge in [-0.25, -0.2) is 4.98 Å².